The lowest BCUT2D eigenvalue weighted by atomic mass is 9.98. The number of morpholine rings is 1. The Kier molecular flexibility index (Phi) is 5.90. The van der Waals surface area contributed by atoms with Gasteiger partial charge in [-0.1, -0.05) is 19.3 Å². The van der Waals surface area contributed by atoms with Gasteiger partial charge in [-0.2, -0.15) is 0 Å². The fourth-order valence-corrected chi connectivity index (χ4v) is 2.49. The van der Waals surface area contributed by atoms with E-state index >= 15 is 0 Å². The predicted octanol–water partition coefficient (Wildman–Crippen LogP) is 0.440. The second-order valence-corrected chi connectivity index (χ2v) is 5.00. The molecule has 0 aromatic carbocycles. The first-order chi connectivity index (χ1) is 8.86. The van der Waals surface area contributed by atoms with Crippen molar-refractivity contribution in [1.82, 2.24) is 10.6 Å². The van der Waals surface area contributed by atoms with E-state index in [2.05, 4.69) is 10.6 Å². The van der Waals surface area contributed by atoms with Gasteiger partial charge in [0, 0.05) is 13.1 Å². The zero-order valence-electron chi connectivity index (χ0n) is 11.0. The summed E-state index contributed by atoms with van der Waals surface area (Å²) >= 11 is 0. The number of hydrogen-bond donors (Lipinski definition) is 2. The van der Waals surface area contributed by atoms with E-state index in [1.54, 1.807) is 0 Å². The van der Waals surface area contributed by atoms with Crippen LogP contribution in [0, 0.1) is 0 Å². The lowest BCUT2D eigenvalue weighted by Gasteiger charge is -2.24. The third-order valence-corrected chi connectivity index (χ3v) is 3.55. The van der Waals surface area contributed by atoms with Gasteiger partial charge in [0.1, 0.15) is 6.04 Å². The van der Waals surface area contributed by atoms with Gasteiger partial charge in [0.2, 0.25) is 5.91 Å². The highest BCUT2D eigenvalue weighted by Crippen LogP contribution is 2.19. The second kappa shape index (κ2) is 7.71. The maximum atomic E-state index is 11.7. The summed E-state index contributed by atoms with van der Waals surface area (Å²) in [7, 11) is 0. The molecule has 1 amide bonds. The summed E-state index contributed by atoms with van der Waals surface area (Å²) in [6.07, 6.45) is 6.65. The van der Waals surface area contributed by atoms with Crippen molar-refractivity contribution in [3.63, 3.8) is 0 Å². The molecule has 5 nitrogen and oxygen atoms in total. The molecule has 1 saturated carbocycles. The summed E-state index contributed by atoms with van der Waals surface area (Å²) in [5, 5.41) is 6.02. The molecule has 1 aliphatic carbocycles. The van der Waals surface area contributed by atoms with Crippen LogP contribution in [0.3, 0.4) is 0 Å². The summed E-state index contributed by atoms with van der Waals surface area (Å²) in [4.78, 5) is 11.7. The Labute approximate surface area is 109 Å². The number of carbonyl (C=O) groups excluding carboxylic acids is 1. The third kappa shape index (κ3) is 4.55. The van der Waals surface area contributed by atoms with Gasteiger partial charge < -0.3 is 20.1 Å². The minimum absolute atomic E-state index is 0.0157. The Morgan fingerprint density at radius 2 is 2.17 bits per heavy atom. The monoisotopic (exact) mass is 256 g/mol. The maximum absolute atomic E-state index is 11.7. The first kappa shape index (κ1) is 13.8. The van der Waals surface area contributed by atoms with Gasteiger partial charge in [-0.15, -0.1) is 0 Å². The lowest BCUT2D eigenvalue weighted by Crippen LogP contribution is -2.51. The van der Waals surface area contributed by atoms with Crippen LogP contribution in [-0.4, -0.2) is 51.0 Å². The van der Waals surface area contributed by atoms with Gasteiger partial charge in [0.15, 0.2) is 0 Å². The molecule has 2 fully saturated rings. The highest BCUT2D eigenvalue weighted by molar-refractivity contribution is 5.81. The lowest BCUT2D eigenvalue weighted by molar-refractivity contribution is -0.126. The van der Waals surface area contributed by atoms with Crippen LogP contribution in [0.1, 0.15) is 32.1 Å². The first-order valence-corrected chi connectivity index (χ1v) is 7.07. The summed E-state index contributed by atoms with van der Waals surface area (Å²) in [5.41, 5.74) is 0. The molecular weight excluding hydrogens is 232 g/mol. The first-order valence-electron chi connectivity index (χ1n) is 7.07. The Hall–Kier alpha value is -0.650. The van der Waals surface area contributed by atoms with E-state index in [9.17, 15) is 4.79 Å². The Morgan fingerprint density at radius 3 is 2.89 bits per heavy atom. The van der Waals surface area contributed by atoms with E-state index in [1.165, 1.54) is 32.1 Å². The van der Waals surface area contributed by atoms with Gasteiger partial charge >= 0.3 is 0 Å². The van der Waals surface area contributed by atoms with Crippen LogP contribution >= 0.6 is 0 Å². The molecular formula is C13H24N2O3. The molecule has 104 valence electrons. The van der Waals surface area contributed by atoms with Crippen molar-refractivity contribution in [2.24, 2.45) is 0 Å². The molecule has 2 aliphatic rings. The molecule has 0 aromatic rings. The number of carbonyl (C=O) groups is 1. The number of amides is 1. The summed E-state index contributed by atoms with van der Waals surface area (Å²) in [6.45, 7) is 3.11. The van der Waals surface area contributed by atoms with Crippen LogP contribution in [0.5, 0.6) is 0 Å². The van der Waals surface area contributed by atoms with E-state index in [0.717, 1.165) is 6.54 Å². The summed E-state index contributed by atoms with van der Waals surface area (Å²) in [6, 6.07) is -0.201. The average Bonchev–Trinajstić information content (AvgIpc) is 2.45. The van der Waals surface area contributed by atoms with Crippen LogP contribution in [0.2, 0.25) is 0 Å². The summed E-state index contributed by atoms with van der Waals surface area (Å²) in [5.74, 6) is 0.0157. The molecule has 18 heavy (non-hydrogen) atoms. The van der Waals surface area contributed by atoms with Crippen LogP contribution < -0.4 is 10.6 Å². The van der Waals surface area contributed by atoms with Crippen LogP contribution in [0.15, 0.2) is 0 Å². The van der Waals surface area contributed by atoms with Crippen LogP contribution in [0.4, 0.5) is 0 Å². The molecule has 0 radical (unpaired) electrons. The quantitative estimate of drug-likeness (QED) is 0.701. The Bertz CT molecular complexity index is 249. The fourth-order valence-electron chi connectivity index (χ4n) is 2.49. The summed E-state index contributed by atoms with van der Waals surface area (Å²) < 4.78 is 11.0. The third-order valence-electron chi connectivity index (χ3n) is 3.55. The highest BCUT2D eigenvalue weighted by atomic mass is 16.5. The zero-order valence-corrected chi connectivity index (χ0v) is 11.0. The number of nitrogens with one attached hydrogen (secondary N) is 2. The standard InChI is InChI=1S/C13H24N2O3/c16-13(12-10-17-8-6-14-12)15-7-9-18-11-4-2-1-3-5-11/h11-12,14H,1-10H2,(H,15,16). The van der Waals surface area contributed by atoms with Gasteiger partial charge in [0.05, 0.1) is 25.9 Å². The highest BCUT2D eigenvalue weighted by Gasteiger charge is 2.20. The number of rotatable bonds is 5. The van der Waals surface area contributed by atoms with Gasteiger partial charge in [-0.05, 0) is 12.8 Å². The average molecular weight is 256 g/mol. The molecule has 5 heteroatoms. The topological polar surface area (TPSA) is 59.6 Å². The largest absolute Gasteiger partial charge is 0.378 e. The fraction of sp³-hybridized carbons (Fsp3) is 0.923. The van der Waals surface area contributed by atoms with Crippen molar-refractivity contribution in [2.45, 2.75) is 44.2 Å². The Morgan fingerprint density at radius 1 is 1.33 bits per heavy atom. The van der Waals surface area contributed by atoms with Crippen molar-refractivity contribution in [1.29, 1.82) is 0 Å². The minimum atomic E-state index is -0.201. The molecule has 0 spiro atoms. The SMILES string of the molecule is O=C(NCCOC1CCCCC1)C1COCCN1. The second-order valence-electron chi connectivity index (χ2n) is 5.00. The van der Waals surface area contributed by atoms with Crippen molar-refractivity contribution in [3.05, 3.63) is 0 Å². The normalized spacial score (nSPS) is 25.9. The Balaban J connectivity index is 1.52. The molecule has 1 atom stereocenters. The van der Waals surface area contributed by atoms with E-state index in [1.807, 2.05) is 0 Å². The van der Waals surface area contributed by atoms with E-state index in [4.69, 9.17) is 9.47 Å². The van der Waals surface area contributed by atoms with Crippen molar-refractivity contribution in [2.75, 3.05) is 32.9 Å². The van der Waals surface area contributed by atoms with E-state index < -0.39 is 0 Å². The van der Waals surface area contributed by atoms with Gasteiger partial charge in [0.25, 0.3) is 0 Å². The molecule has 2 rings (SSSR count). The van der Waals surface area contributed by atoms with E-state index in [-0.39, 0.29) is 11.9 Å². The molecule has 1 aliphatic heterocycles. The molecule has 0 aromatic heterocycles. The van der Waals surface area contributed by atoms with Crippen LogP contribution in [-0.2, 0) is 14.3 Å². The van der Waals surface area contributed by atoms with Gasteiger partial charge in [-0.3, -0.25) is 4.79 Å². The van der Waals surface area contributed by atoms with Crippen LogP contribution in [0.25, 0.3) is 0 Å². The van der Waals surface area contributed by atoms with Crippen molar-refractivity contribution < 1.29 is 14.3 Å². The number of ether oxygens (including phenoxy) is 2. The molecule has 2 N–H and O–H groups in total. The smallest absolute Gasteiger partial charge is 0.239 e. The van der Waals surface area contributed by atoms with Crippen molar-refractivity contribution in [3.8, 4) is 0 Å². The molecule has 1 unspecified atom stereocenters. The molecule has 1 heterocycles. The molecule has 0 bridgehead atoms. The molecule has 1 saturated heterocycles. The number of hydrogen-bond acceptors (Lipinski definition) is 4. The van der Waals surface area contributed by atoms with Crippen molar-refractivity contribution >= 4 is 5.91 Å². The van der Waals surface area contributed by atoms with E-state index in [0.29, 0.717) is 32.5 Å². The maximum Gasteiger partial charge on any atom is 0.239 e. The predicted molar refractivity (Wildman–Crippen MR) is 68.4 cm³/mol. The minimum Gasteiger partial charge on any atom is -0.378 e. The zero-order chi connectivity index (χ0) is 12.6. The van der Waals surface area contributed by atoms with Gasteiger partial charge in [-0.25, -0.2) is 0 Å².